The first kappa shape index (κ1) is 18.2. The van der Waals surface area contributed by atoms with E-state index in [1.54, 1.807) is 26.0 Å². The minimum atomic E-state index is -0.807. The Balaban J connectivity index is 2.17. The van der Waals surface area contributed by atoms with E-state index in [0.29, 0.717) is 5.69 Å². The molecule has 0 atom stereocenters. The van der Waals surface area contributed by atoms with Crippen LogP contribution in [-0.4, -0.2) is 37.1 Å². The first-order valence-corrected chi connectivity index (χ1v) is 8.28. The zero-order chi connectivity index (χ0) is 19.6. The Morgan fingerprint density at radius 1 is 1.19 bits per heavy atom. The van der Waals surface area contributed by atoms with Gasteiger partial charge in [0, 0.05) is 6.54 Å². The molecule has 3 rings (SSSR count). The number of hydrogen-bond acceptors (Lipinski definition) is 8. The van der Waals surface area contributed by atoms with Crippen molar-refractivity contribution in [2.45, 2.75) is 27.3 Å². The van der Waals surface area contributed by atoms with Gasteiger partial charge in [0.05, 0.1) is 12.3 Å². The molecule has 0 saturated heterocycles. The number of carbonyl (C=O) groups excluding carboxylic acids is 1. The maximum Gasteiger partial charge on any atom is 0.397 e. The highest BCUT2D eigenvalue weighted by Crippen LogP contribution is 2.11. The Hall–Kier alpha value is -3.56. The van der Waals surface area contributed by atoms with Crippen molar-refractivity contribution in [2.75, 3.05) is 6.61 Å². The van der Waals surface area contributed by atoms with Gasteiger partial charge in [0.1, 0.15) is 0 Å². The maximum absolute atomic E-state index is 12.6. The van der Waals surface area contributed by atoms with Crippen LogP contribution in [0.15, 0.2) is 38.4 Å². The SMILES string of the molecule is CCOC(=O)c1nc(-c2nn(-c3ccc(C)cc3)c(=O)n(CC)c2=O)no1. The van der Waals surface area contributed by atoms with Gasteiger partial charge in [-0.05, 0) is 32.9 Å². The van der Waals surface area contributed by atoms with Crippen LogP contribution in [0.5, 0.6) is 0 Å². The molecule has 0 aliphatic rings. The molecule has 2 aromatic heterocycles. The monoisotopic (exact) mass is 371 g/mol. The first-order valence-electron chi connectivity index (χ1n) is 8.28. The van der Waals surface area contributed by atoms with Crippen LogP contribution in [0.25, 0.3) is 17.2 Å². The van der Waals surface area contributed by atoms with Gasteiger partial charge in [0.25, 0.3) is 5.56 Å². The molecule has 0 aliphatic carbocycles. The van der Waals surface area contributed by atoms with E-state index in [4.69, 9.17) is 9.26 Å². The number of benzene rings is 1. The Bertz CT molecular complexity index is 1090. The van der Waals surface area contributed by atoms with Crippen molar-refractivity contribution in [3.05, 3.63) is 56.6 Å². The van der Waals surface area contributed by atoms with Gasteiger partial charge in [-0.25, -0.2) is 9.59 Å². The number of aryl methyl sites for hydroxylation is 1. The summed E-state index contributed by atoms with van der Waals surface area (Å²) >= 11 is 0. The summed E-state index contributed by atoms with van der Waals surface area (Å²) in [5.41, 5.74) is -0.00106. The highest BCUT2D eigenvalue weighted by Gasteiger charge is 2.22. The smallest absolute Gasteiger partial charge is 0.397 e. The molecule has 0 amide bonds. The Morgan fingerprint density at radius 3 is 2.52 bits per heavy atom. The van der Waals surface area contributed by atoms with E-state index < -0.39 is 23.1 Å². The van der Waals surface area contributed by atoms with Crippen molar-refractivity contribution in [3.8, 4) is 17.2 Å². The third-order valence-electron chi connectivity index (χ3n) is 3.74. The average Bonchev–Trinajstić information content (AvgIpc) is 3.13. The molecule has 0 saturated carbocycles. The zero-order valence-electron chi connectivity index (χ0n) is 15.0. The summed E-state index contributed by atoms with van der Waals surface area (Å²) in [4.78, 5) is 40.8. The van der Waals surface area contributed by atoms with Gasteiger partial charge in [-0.15, -0.1) is 0 Å². The summed E-state index contributed by atoms with van der Waals surface area (Å²) in [6, 6.07) is 7.05. The zero-order valence-corrected chi connectivity index (χ0v) is 15.0. The number of ether oxygens (including phenoxy) is 1. The van der Waals surface area contributed by atoms with E-state index >= 15 is 0 Å². The van der Waals surface area contributed by atoms with Gasteiger partial charge in [0.2, 0.25) is 5.82 Å². The molecular weight excluding hydrogens is 354 g/mol. The van der Waals surface area contributed by atoms with Crippen LogP contribution in [0, 0.1) is 6.92 Å². The van der Waals surface area contributed by atoms with Crippen LogP contribution in [0.1, 0.15) is 30.1 Å². The molecule has 0 fully saturated rings. The molecule has 3 aromatic rings. The Kier molecular flexibility index (Phi) is 4.97. The second-order valence-corrected chi connectivity index (χ2v) is 5.57. The number of carbonyl (C=O) groups is 1. The Morgan fingerprint density at radius 2 is 1.89 bits per heavy atom. The van der Waals surface area contributed by atoms with Crippen LogP contribution in [0.2, 0.25) is 0 Å². The van der Waals surface area contributed by atoms with Gasteiger partial charge in [-0.3, -0.25) is 9.36 Å². The molecule has 0 unspecified atom stereocenters. The van der Waals surface area contributed by atoms with Crippen LogP contribution in [-0.2, 0) is 11.3 Å². The molecule has 2 heterocycles. The molecule has 0 radical (unpaired) electrons. The van der Waals surface area contributed by atoms with E-state index in [1.807, 2.05) is 19.1 Å². The molecule has 0 N–H and O–H groups in total. The second kappa shape index (κ2) is 7.36. The summed E-state index contributed by atoms with van der Waals surface area (Å²) in [6.45, 7) is 5.46. The minimum Gasteiger partial charge on any atom is -0.459 e. The van der Waals surface area contributed by atoms with Crippen molar-refractivity contribution in [3.63, 3.8) is 0 Å². The Labute approximate surface area is 153 Å². The minimum absolute atomic E-state index is 0.127. The molecule has 10 nitrogen and oxygen atoms in total. The lowest BCUT2D eigenvalue weighted by atomic mass is 10.2. The lowest BCUT2D eigenvalue weighted by Crippen LogP contribution is -2.41. The molecule has 1 aromatic carbocycles. The van der Waals surface area contributed by atoms with Crippen molar-refractivity contribution < 1.29 is 14.1 Å². The van der Waals surface area contributed by atoms with E-state index in [-0.39, 0.29) is 24.7 Å². The van der Waals surface area contributed by atoms with Crippen LogP contribution in [0.4, 0.5) is 0 Å². The highest BCUT2D eigenvalue weighted by atomic mass is 16.6. The van der Waals surface area contributed by atoms with Crippen molar-refractivity contribution in [1.29, 1.82) is 0 Å². The lowest BCUT2D eigenvalue weighted by molar-refractivity contribution is 0.0470. The van der Waals surface area contributed by atoms with Gasteiger partial charge >= 0.3 is 17.5 Å². The standard InChI is InChI=1S/C17H17N5O5/c1-4-21-15(23)12(13-18-14(27-20-13)16(24)26-5-2)19-22(17(21)25)11-8-6-10(3)7-9-11/h6-9H,4-5H2,1-3H3. The summed E-state index contributed by atoms with van der Waals surface area (Å²) in [6.07, 6.45) is 0. The summed E-state index contributed by atoms with van der Waals surface area (Å²) in [7, 11) is 0. The molecular formula is C17H17N5O5. The number of nitrogens with zero attached hydrogens (tertiary/aromatic N) is 5. The maximum atomic E-state index is 12.6. The number of rotatable bonds is 5. The fourth-order valence-electron chi connectivity index (χ4n) is 2.38. The van der Waals surface area contributed by atoms with Crippen LogP contribution >= 0.6 is 0 Å². The van der Waals surface area contributed by atoms with Gasteiger partial charge in [-0.2, -0.15) is 14.8 Å². The summed E-state index contributed by atoms with van der Waals surface area (Å²) < 4.78 is 11.7. The van der Waals surface area contributed by atoms with Gasteiger partial charge in [0.15, 0.2) is 5.69 Å². The molecule has 10 heteroatoms. The van der Waals surface area contributed by atoms with Crippen molar-refractivity contribution in [1.82, 2.24) is 24.5 Å². The quantitative estimate of drug-likeness (QED) is 0.608. The predicted molar refractivity (Wildman–Crippen MR) is 93.8 cm³/mol. The van der Waals surface area contributed by atoms with Crippen molar-refractivity contribution in [2.24, 2.45) is 0 Å². The fraction of sp³-hybridized carbons (Fsp3) is 0.294. The highest BCUT2D eigenvalue weighted by molar-refractivity contribution is 5.84. The normalized spacial score (nSPS) is 10.8. The van der Waals surface area contributed by atoms with E-state index in [0.717, 1.165) is 14.8 Å². The molecule has 0 spiro atoms. The van der Waals surface area contributed by atoms with E-state index in [1.165, 1.54) is 0 Å². The largest absolute Gasteiger partial charge is 0.459 e. The summed E-state index contributed by atoms with van der Waals surface area (Å²) in [5, 5.41) is 7.73. The molecule has 0 bridgehead atoms. The number of esters is 1. The topological polar surface area (TPSA) is 122 Å². The lowest BCUT2D eigenvalue weighted by Gasteiger charge is -2.09. The third kappa shape index (κ3) is 3.41. The summed E-state index contributed by atoms with van der Waals surface area (Å²) in [5.74, 6) is -1.41. The van der Waals surface area contributed by atoms with E-state index in [9.17, 15) is 14.4 Å². The molecule has 0 aliphatic heterocycles. The molecule has 140 valence electrons. The first-order chi connectivity index (χ1) is 13.0. The third-order valence-corrected chi connectivity index (χ3v) is 3.74. The van der Waals surface area contributed by atoms with Gasteiger partial charge < -0.3 is 9.26 Å². The second-order valence-electron chi connectivity index (χ2n) is 5.57. The number of hydrogen-bond donors (Lipinski definition) is 0. The van der Waals surface area contributed by atoms with Crippen LogP contribution in [0.3, 0.4) is 0 Å². The fourth-order valence-corrected chi connectivity index (χ4v) is 2.38. The van der Waals surface area contributed by atoms with Crippen LogP contribution < -0.4 is 11.2 Å². The molecule has 27 heavy (non-hydrogen) atoms. The van der Waals surface area contributed by atoms with Gasteiger partial charge in [-0.1, -0.05) is 22.9 Å². The average molecular weight is 371 g/mol. The van der Waals surface area contributed by atoms with Crippen molar-refractivity contribution >= 4 is 5.97 Å². The number of aromatic nitrogens is 5. The van der Waals surface area contributed by atoms with E-state index in [2.05, 4.69) is 15.2 Å². The predicted octanol–water partition coefficient (Wildman–Crippen LogP) is 0.949.